The Bertz CT molecular complexity index is 749. The maximum atomic E-state index is 12.6. The van der Waals surface area contributed by atoms with Crippen LogP contribution in [0.3, 0.4) is 0 Å². The van der Waals surface area contributed by atoms with E-state index in [0.29, 0.717) is 30.9 Å². The van der Waals surface area contributed by atoms with Crippen LogP contribution in [-0.2, 0) is 4.74 Å². The van der Waals surface area contributed by atoms with E-state index in [9.17, 15) is 4.79 Å². The van der Waals surface area contributed by atoms with Crippen molar-refractivity contribution in [3.8, 4) is 5.69 Å². The van der Waals surface area contributed by atoms with Gasteiger partial charge in [0.05, 0.1) is 17.5 Å². The lowest BCUT2D eigenvalue weighted by Crippen LogP contribution is -2.27. The van der Waals surface area contributed by atoms with E-state index in [2.05, 4.69) is 15.6 Å². The zero-order valence-corrected chi connectivity index (χ0v) is 15.8. The van der Waals surface area contributed by atoms with Crippen LogP contribution in [0.15, 0.2) is 30.3 Å². The van der Waals surface area contributed by atoms with Crippen molar-refractivity contribution in [3.63, 3.8) is 0 Å². The van der Waals surface area contributed by atoms with Crippen LogP contribution in [0.4, 0.5) is 0 Å². The fourth-order valence-corrected chi connectivity index (χ4v) is 3.77. The van der Waals surface area contributed by atoms with Gasteiger partial charge in [-0.1, -0.05) is 42.7 Å². The van der Waals surface area contributed by atoms with Gasteiger partial charge in [-0.2, -0.15) is 0 Å². The first-order valence-corrected chi connectivity index (χ1v) is 10.2. The van der Waals surface area contributed by atoms with Crippen LogP contribution in [-0.4, -0.2) is 40.2 Å². The highest BCUT2D eigenvalue weighted by atomic mass is 16.5. The fraction of sp³-hybridized carbons (Fsp3) is 0.571. The number of benzene rings is 1. The minimum Gasteiger partial charge on any atom is -0.378 e. The van der Waals surface area contributed by atoms with E-state index in [1.165, 1.54) is 32.1 Å². The summed E-state index contributed by atoms with van der Waals surface area (Å²) in [6.07, 6.45) is 9.69. The Morgan fingerprint density at radius 2 is 1.89 bits per heavy atom. The van der Waals surface area contributed by atoms with Gasteiger partial charge in [0.2, 0.25) is 0 Å². The Hall–Kier alpha value is -2.21. The number of aromatic nitrogens is 3. The second-order valence-electron chi connectivity index (χ2n) is 7.59. The number of rotatable bonds is 8. The first-order chi connectivity index (χ1) is 13.3. The van der Waals surface area contributed by atoms with Gasteiger partial charge in [-0.15, -0.1) is 5.10 Å². The van der Waals surface area contributed by atoms with Gasteiger partial charge >= 0.3 is 0 Å². The number of nitrogens with one attached hydrogen (secondary N) is 1. The zero-order valence-electron chi connectivity index (χ0n) is 15.8. The van der Waals surface area contributed by atoms with Crippen LogP contribution in [0.5, 0.6) is 0 Å². The summed E-state index contributed by atoms with van der Waals surface area (Å²) in [6.45, 7) is 1.31. The summed E-state index contributed by atoms with van der Waals surface area (Å²) in [5.41, 5.74) is 2.36. The molecule has 2 aromatic rings. The monoisotopic (exact) mass is 368 g/mol. The normalized spacial score (nSPS) is 17.8. The standard InChI is InChI=1S/C21H28N4O2/c26-21(22-14-7-15-27-18-10-5-2-6-11-18)19-20(16-12-13-16)25(24-23-19)17-8-3-1-4-9-17/h1,3-4,8-9,16,18H,2,5-7,10-15H2,(H,22,26). The van der Waals surface area contributed by atoms with Gasteiger partial charge in [0.1, 0.15) is 0 Å². The summed E-state index contributed by atoms with van der Waals surface area (Å²) in [7, 11) is 0. The molecule has 144 valence electrons. The molecule has 2 saturated carbocycles. The zero-order chi connectivity index (χ0) is 18.5. The second kappa shape index (κ2) is 8.65. The average molecular weight is 368 g/mol. The van der Waals surface area contributed by atoms with Gasteiger partial charge < -0.3 is 10.1 Å². The number of carbonyl (C=O) groups excluding carboxylic acids is 1. The van der Waals surface area contributed by atoms with Crippen LogP contribution in [0.1, 0.15) is 73.5 Å². The van der Waals surface area contributed by atoms with Gasteiger partial charge in [-0.05, 0) is 44.2 Å². The minimum absolute atomic E-state index is 0.128. The van der Waals surface area contributed by atoms with Crippen molar-refractivity contribution >= 4 is 5.91 Å². The smallest absolute Gasteiger partial charge is 0.273 e. The van der Waals surface area contributed by atoms with Crippen molar-refractivity contribution in [2.45, 2.75) is 63.4 Å². The molecule has 1 aromatic heterocycles. The topological polar surface area (TPSA) is 69.0 Å². The first-order valence-electron chi connectivity index (χ1n) is 10.2. The first kappa shape index (κ1) is 18.2. The van der Waals surface area contributed by atoms with Crippen LogP contribution in [0, 0.1) is 0 Å². The van der Waals surface area contributed by atoms with Crippen LogP contribution in [0.25, 0.3) is 5.69 Å². The highest BCUT2D eigenvalue weighted by molar-refractivity contribution is 5.93. The lowest BCUT2D eigenvalue weighted by Gasteiger charge is -2.21. The number of nitrogens with zero attached hydrogens (tertiary/aromatic N) is 3. The molecule has 1 heterocycles. The molecular weight excluding hydrogens is 340 g/mol. The Balaban J connectivity index is 1.31. The highest BCUT2D eigenvalue weighted by Crippen LogP contribution is 2.41. The number of para-hydroxylation sites is 1. The molecule has 0 aliphatic heterocycles. The Labute approximate surface area is 160 Å². The van der Waals surface area contributed by atoms with Crippen molar-refractivity contribution in [2.24, 2.45) is 0 Å². The van der Waals surface area contributed by atoms with E-state index < -0.39 is 0 Å². The Kier molecular flexibility index (Phi) is 5.82. The quantitative estimate of drug-likeness (QED) is 0.723. The van der Waals surface area contributed by atoms with E-state index in [4.69, 9.17) is 4.74 Å². The van der Waals surface area contributed by atoms with Crippen molar-refractivity contribution < 1.29 is 9.53 Å². The summed E-state index contributed by atoms with van der Waals surface area (Å²) in [5.74, 6) is 0.257. The molecular formula is C21H28N4O2. The van der Waals surface area contributed by atoms with Gasteiger partial charge in [0.25, 0.3) is 5.91 Å². The molecule has 1 amide bonds. The minimum atomic E-state index is -0.128. The maximum absolute atomic E-state index is 12.6. The molecule has 1 N–H and O–H groups in total. The van der Waals surface area contributed by atoms with Crippen LogP contribution < -0.4 is 5.32 Å². The number of carbonyl (C=O) groups is 1. The second-order valence-corrected chi connectivity index (χ2v) is 7.59. The molecule has 4 rings (SSSR count). The SMILES string of the molecule is O=C(NCCCOC1CCCCC1)c1nnn(-c2ccccc2)c1C1CC1. The van der Waals surface area contributed by atoms with Crippen molar-refractivity contribution in [3.05, 3.63) is 41.7 Å². The summed E-state index contributed by atoms with van der Waals surface area (Å²) in [5, 5.41) is 11.4. The number of ether oxygens (including phenoxy) is 1. The van der Waals surface area contributed by atoms with E-state index in [0.717, 1.165) is 30.6 Å². The van der Waals surface area contributed by atoms with Gasteiger partial charge in [-0.25, -0.2) is 4.68 Å². The fourth-order valence-electron chi connectivity index (χ4n) is 3.77. The third-order valence-corrected chi connectivity index (χ3v) is 5.40. The van der Waals surface area contributed by atoms with E-state index in [1.807, 2.05) is 35.0 Å². The molecule has 0 spiro atoms. The molecule has 6 nitrogen and oxygen atoms in total. The largest absolute Gasteiger partial charge is 0.378 e. The predicted octanol–water partition coefficient (Wildman–Crippen LogP) is 3.61. The van der Waals surface area contributed by atoms with E-state index in [1.54, 1.807) is 0 Å². The molecule has 27 heavy (non-hydrogen) atoms. The molecule has 2 fully saturated rings. The van der Waals surface area contributed by atoms with E-state index in [-0.39, 0.29) is 5.91 Å². The summed E-state index contributed by atoms with van der Waals surface area (Å²) in [4.78, 5) is 12.6. The average Bonchev–Trinajstić information content (AvgIpc) is 3.46. The van der Waals surface area contributed by atoms with Gasteiger partial charge in [0.15, 0.2) is 5.69 Å². The number of hydrogen-bond acceptors (Lipinski definition) is 4. The van der Waals surface area contributed by atoms with Crippen molar-refractivity contribution in [1.82, 2.24) is 20.3 Å². The van der Waals surface area contributed by atoms with Crippen molar-refractivity contribution in [1.29, 1.82) is 0 Å². The maximum Gasteiger partial charge on any atom is 0.273 e. The summed E-state index contributed by atoms with van der Waals surface area (Å²) >= 11 is 0. The lowest BCUT2D eigenvalue weighted by atomic mass is 9.98. The Morgan fingerprint density at radius 3 is 2.63 bits per heavy atom. The third kappa shape index (κ3) is 4.56. The predicted molar refractivity (Wildman–Crippen MR) is 103 cm³/mol. The molecule has 0 saturated heterocycles. The molecule has 1 aromatic carbocycles. The summed E-state index contributed by atoms with van der Waals surface area (Å²) < 4.78 is 7.74. The summed E-state index contributed by atoms with van der Waals surface area (Å²) in [6, 6.07) is 9.90. The molecule has 6 heteroatoms. The molecule has 0 radical (unpaired) electrons. The molecule has 0 atom stereocenters. The van der Waals surface area contributed by atoms with Crippen molar-refractivity contribution in [2.75, 3.05) is 13.2 Å². The number of amides is 1. The van der Waals surface area contributed by atoms with Gasteiger partial charge in [-0.3, -0.25) is 4.79 Å². The van der Waals surface area contributed by atoms with Gasteiger partial charge in [0, 0.05) is 19.1 Å². The van der Waals surface area contributed by atoms with Crippen LogP contribution >= 0.6 is 0 Å². The lowest BCUT2D eigenvalue weighted by molar-refractivity contribution is 0.0273. The Morgan fingerprint density at radius 1 is 1.11 bits per heavy atom. The molecule has 0 bridgehead atoms. The highest BCUT2D eigenvalue weighted by Gasteiger charge is 2.34. The molecule has 2 aliphatic rings. The van der Waals surface area contributed by atoms with E-state index >= 15 is 0 Å². The van der Waals surface area contributed by atoms with Crippen LogP contribution in [0.2, 0.25) is 0 Å². The third-order valence-electron chi connectivity index (χ3n) is 5.40. The molecule has 0 unspecified atom stereocenters. The number of hydrogen-bond donors (Lipinski definition) is 1. The molecule has 2 aliphatic carbocycles.